The predicted molar refractivity (Wildman–Crippen MR) is 84.7 cm³/mol. The van der Waals surface area contributed by atoms with E-state index in [9.17, 15) is 0 Å². The fourth-order valence-electron chi connectivity index (χ4n) is 2.91. The summed E-state index contributed by atoms with van der Waals surface area (Å²) in [6.07, 6.45) is 6.36. The van der Waals surface area contributed by atoms with Crippen LogP contribution in [0.15, 0.2) is 36.7 Å². The van der Waals surface area contributed by atoms with Gasteiger partial charge in [0.15, 0.2) is 0 Å². The number of aromatic nitrogens is 2. The zero-order valence-electron chi connectivity index (χ0n) is 12.7. The highest BCUT2D eigenvalue weighted by molar-refractivity contribution is 5.41. The average molecular weight is 285 g/mol. The van der Waals surface area contributed by atoms with Crippen molar-refractivity contribution < 1.29 is 4.74 Å². The molecule has 1 aliphatic carbocycles. The largest absolute Gasteiger partial charge is 0.383 e. The molecule has 112 valence electrons. The van der Waals surface area contributed by atoms with Gasteiger partial charge >= 0.3 is 0 Å². The molecule has 0 unspecified atom stereocenters. The van der Waals surface area contributed by atoms with Crippen molar-refractivity contribution in [1.82, 2.24) is 9.78 Å². The molecule has 1 aliphatic rings. The van der Waals surface area contributed by atoms with E-state index in [0.717, 1.165) is 12.2 Å². The van der Waals surface area contributed by atoms with Crippen LogP contribution in [-0.4, -0.2) is 29.5 Å². The Morgan fingerprint density at radius 1 is 1.38 bits per heavy atom. The number of hydrogen-bond acceptors (Lipinski definition) is 3. The highest BCUT2D eigenvalue weighted by Crippen LogP contribution is 2.38. The van der Waals surface area contributed by atoms with E-state index < -0.39 is 0 Å². The van der Waals surface area contributed by atoms with Gasteiger partial charge in [-0.05, 0) is 31.2 Å². The van der Waals surface area contributed by atoms with Gasteiger partial charge in [0.05, 0.1) is 25.0 Å². The van der Waals surface area contributed by atoms with E-state index in [4.69, 9.17) is 4.74 Å². The van der Waals surface area contributed by atoms with Gasteiger partial charge in [-0.2, -0.15) is 5.10 Å². The molecule has 21 heavy (non-hydrogen) atoms. The molecule has 0 amide bonds. The summed E-state index contributed by atoms with van der Waals surface area (Å²) in [5, 5.41) is 7.89. The quantitative estimate of drug-likeness (QED) is 0.886. The first-order valence-corrected chi connectivity index (χ1v) is 7.59. The maximum absolute atomic E-state index is 5.06. The minimum Gasteiger partial charge on any atom is -0.383 e. The van der Waals surface area contributed by atoms with Crippen LogP contribution in [-0.2, 0) is 11.3 Å². The zero-order valence-corrected chi connectivity index (χ0v) is 12.7. The molecule has 4 nitrogen and oxygen atoms in total. The molecule has 0 spiro atoms. The molecule has 0 atom stereocenters. The predicted octanol–water partition coefficient (Wildman–Crippen LogP) is 3.20. The number of anilines is 1. The summed E-state index contributed by atoms with van der Waals surface area (Å²) in [5.41, 5.74) is 3.94. The Morgan fingerprint density at radius 2 is 2.24 bits per heavy atom. The van der Waals surface area contributed by atoms with Gasteiger partial charge < -0.3 is 10.1 Å². The summed E-state index contributed by atoms with van der Waals surface area (Å²) in [4.78, 5) is 0. The van der Waals surface area contributed by atoms with Crippen LogP contribution in [0.4, 0.5) is 5.69 Å². The normalized spacial score (nSPS) is 21.0. The van der Waals surface area contributed by atoms with Gasteiger partial charge in [-0.3, -0.25) is 4.68 Å². The van der Waals surface area contributed by atoms with Crippen molar-refractivity contribution in [2.24, 2.45) is 0 Å². The first kappa shape index (κ1) is 14.1. The van der Waals surface area contributed by atoms with Gasteiger partial charge in [0, 0.05) is 19.3 Å². The van der Waals surface area contributed by atoms with E-state index in [-0.39, 0.29) is 0 Å². The second kappa shape index (κ2) is 6.31. The fourth-order valence-corrected chi connectivity index (χ4v) is 2.91. The first-order chi connectivity index (χ1) is 10.2. The van der Waals surface area contributed by atoms with Crippen LogP contribution in [0.1, 0.15) is 29.9 Å². The van der Waals surface area contributed by atoms with E-state index in [1.54, 1.807) is 7.11 Å². The second-order valence-corrected chi connectivity index (χ2v) is 5.91. The molecule has 1 fully saturated rings. The third kappa shape index (κ3) is 3.45. The lowest BCUT2D eigenvalue weighted by molar-refractivity contribution is 0.183. The lowest BCUT2D eigenvalue weighted by Crippen LogP contribution is -2.33. The number of nitrogens with zero attached hydrogens (tertiary/aromatic N) is 2. The maximum Gasteiger partial charge on any atom is 0.0728 e. The Kier molecular flexibility index (Phi) is 4.25. The van der Waals surface area contributed by atoms with E-state index in [1.165, 1.54) is 24.0 Å². The molecule has 2 aromatic rings. The van der Waals surface area contributed by atoms with Crippen LogP contribution < -0.4 is 5.32 Å². The third-order valence-corrected chi connectivity index (χ3v) is 4.18. The van der Waals surface area contributed by atoms with Crippen molar-refractivity contribution in [3.8, 4) is 0 Å². The van der Waals surface area contributed by atoms with Crippen LogP contribution in [0.2, 0.25) is 0 Å². The highest BCUT2D eigenvalue weighted by Gasteiger charge is 2.30. The van der Waals surface area contributed by atoms with Crippen molar-refractivity contribution in [3.05, 3.63) is 47.8 Å². The summed E-state index contributed by atoms with van der Waals surface area (Å²) < 4.78 is 6.98. The number of aryl methyl sites for hydroxylation is 1. The molecule has 0 aliphatic heterocycles. The maximum atomic E-state index is 5.06. The third-order valence-electron chi connectivity index (χ3n) is 4.18. The highest BCUT2D eigenvalue weighted by atomic mass is 16.5. The molecular weight excluding hydrogens is 262 g/mol. The smallest absolute Gasteiger partial charge is 0.0728 e. The van der Waals surface area contributed by atoms with Crippen molar-refractivity contribution in [1.29, 1.82) is 0 Å². The van der Waals surface area contributed by atoms with Crippen LogP contribution in [0.25, 0.3) is 0 Å². The zero-order chi connectivity index (χ0) is 14.7. The molecule has 1 aromatic heterocycles. The topological polar surface area (TPSA) is 39.1 Å². The molecular formula is C17H23N3O. The molecule has 0 radical (unpaired) electrons. The number of nitrogens with one attached hydrogen (secondary N) is 1. The summed E-state index contributed by atoms with van der Waals surface area (Å²) >= 11 is 0. The van der Waals surface area contributed by atoms with E-state index in [1.807, 2.05) is 10.9 Å². The minimum absolute atomic E-state index is 0.565. The second-order valence-electron chi connectivity index (χ2n) is 5.91. The Labute approximate surface area is 126 Å². The molecule has 4 heteroatoms. The molecule has 0 saturated heterocycles. The number of hydrogen-bond donors (Lipinski definition) is 1. The molecule has 1 heterocycles. The lowest BCUT2D eigenvalue weighted by Gasteiger charge is -2.36. The van der Waals surface area contributed by atoms with Crippen molar-refractivity contribution >= 4 is 5.69 Å². The Balaban J connectivity index is 1.49. The number of benzene rings is 1. The Bertz CT molecular complexity index is 587. The molecule has 1 aromatic carbocycles. The van der Waals surface area contributed by atoms with E-state index >= 15 is 0 Å². The first-order valence-electron chi connectivity index (χ1n) is 7.59. The summed E-state index contributed by atoms with van der Waals surface area (Å²) in [6, 6.07) is 9.44. The van der Waals surface area contributed by atoms with Crippen molar-refractivity contribution in [2.45, 2.75) is 38.3 Å². The van der Waals surface area contributed by atoms with Crippen LogP contribution >= 0.6 is 0 Å². The number of rotatable bonds is 6. The molecule has 1 saturated carbocycles. The SMILES string of the molecule is COCCn1cc(NC2CC(c3cccc(C)c3)C2)cn1. The van der Waals surface area contributed by atoms with Gasteiger partial charge in [-0.1, -0.05) is 29.8 Å². The number of methoxy groups -OCH3 is 1. The molecule has 1 N–H and O–H groups in total. The van der Waals surface area contributed by atoms with Crippen LogP contribution in [0, 0.1) is 6.92 Å². The summed E-state index contributed by atoms with van der Waals surface area (Å²) in [5.74, 6) is 0.700. The average Bonchev–Trinajstić information content (AvgIpc) is 2.87. The van der Waals surface area contributed by atoms with Crippen LogP contribution in [0.3, 0.4) is 0 Å². The molecule has 0 bridgehead atoms. The Hall–Kier alpha value is -1.81. The molecule has 3 rings (SSSR count). The van der Waals surface area contributed by atoms with Gasteiger partial charge in [0.1, 0.15) is 0 Å². The van der Waals surface area contributed by atoms with Gasteiger partial charge in [-0.15, -0.1) is 0 Å². The Morgan fingerprint density at radius 3 is 3.00 bits per heavy atom. The monoisotopic (exact) mass is 285 g/mol. The minimum atomic E-state index is 0.565. The number of ether oxygens (including phenoxy) is 1. The van der Waals surface area contributed by atoms with Crippen LogP contribution in [0.5, 0.6) is 0 Å². The lowest BCUT2D eigenvalue weighted by atomic mass is 9.75. The van der Waals surface area contributed by atoms with E-state index in [2.05, 4.69) is 47.8 Å². The standard InChI is InChI=1S/C17H23N3O/c1-13-4-3-5-14(8-13)15-9-16(10-15)19-17-11-18-20(12-17)6-7-21-2/h3-5,8,11-12,15-16,19H,6-7,9-10H2,1-2H3. The summed E-state index contributed by atoms with van der Waals surface area (Å²) in [6.45, 7) is 3.65. The van der Waals surface area contributed by atoms with Gasteiger partial charge in [0.2, 0.25) is 0 Å². The van der Waals surface area contributed by atoms with Crippen molar-refractivity contribution in [2.75, 3.05) is 19.0 Å². The van der Waals surface area contributed by atoms with Gasteiger partial charge in [-0.25, -0.2) is 0 Å². The fraction of sp³-hybridized carbons (Fsp3) is 0.471. The van der Waals surface area contributed by atoms with Crippen molar-refractivity contribution in [3.63, 3.8) is 0 Å². The van der Waals surface area contributed by atoms with Gasteiger partial charge in [0.25, 0.3) is 0 Å². The summed E-state index contributed by atoms with van der Waals surface area (Å²) in [7, 11) is 1.71. The van der Waals surface area contributed by atoms with E-state index in [0.29, 0.717) is 18.6 Å².